The van der Waals surface area contributed by atoms with E-state index in [1.807, 2.05) is 7.05 Å². The lowest BCUT2D eigenvalue weighted by atomic mass is 9.95. The summed E-state index contributed by atoms with van der Waals surface area (Å²) < 4.78 is 0. The molecule has 0 saturated carbocycles. The molecule has 1 aromatic heterocycles. The fourth-order valence-corrected chi connectivity index (χ4v) is 2.42. The Kier molecular flexibility index (Phi) is 3.56. The lowest BCUT2D eigenvalue weighted by molar-refractivity contribution is 0.590. The van der Waals surface area contributed by atoms with Gasteiger partial charge in [-0.25, -0.2) is 4.98 Å². The number of rotatable bonds is 4. The van der Waals surface area contributed by atoms with Crippen molar-refractivity contribution in [1.82, 2.24) is 4.98 Å². The van der Waals surface area contributed by atoms with Gasteiger partial charge in [0.05, 0.1) is 5.69 Å². The molecule has 0 aliphatic heterocycles. The standard InChI is InChI=1S/C12H16N2S/c1-13-12-14-11(9-15-12)8-7-10-5-3-2-4-6-10/h2-5,9-10H,6-8H2,1H3,(H,13,14). The number of nitrogens with one attached hydrogen (secondary N) is 1. The van der Waals surface area contributed by atoms with Gasteiger partial charge in [0.2, 0.25) is 0 Å². The van der Waals surface area contributed by atoms with Crippen molar-refractivity contribution in [2.75, 3.05) is 12.4 Å². The van der Waals surface area contributed by atoms with Crippen LogP contribution >= 0.6 is 11.3 Å². The Morgan fingerprint density at radius 3 is 3.13 bits per heavy atom. The first-order valence-corrected chi connectivity index (χ1v) is 6.22. The van der Waals surface area contributed by atoms with E-state index in [0.717, 1.165) is 11.6 Å². The summed E-state index contributed by atoms with van der Waals surface area (Å²) >= 11 is 1.68. The van der Waals surface area contributed by atoms with Crippen LogP contribution in [0.3, 0.4) is 0 Å². The van der Waals surface area contributed by atoms with Crippen molar-refractivity contribution in [3.05, 3.63) is 35.4 Å². The Balaban J connectivity index is 1.82. The van der Waals surface area contributed by atoms with Gasteiger partial charge in [0.15, 0.2) is 5.13 Å². The second-order valence-electron chi connectivity index (χ2n) is 3.74. The molecule has 1 aliphatic rings. The first-order valence-electron chi connectivity index (χ1n) is 5.34. The normalized spacial score (nSPS) is 19.4. The SMILES string of the molecule is CNc1nc(CCC2C=CC=CC2)cs1. The van der Waals surface area contributed by atoms with E-state index in [2.05, 4.69) is 40.0 Å². The van der Waals surface area contributed by atoms with Crippen molar-refractivity contribution >= 4 is 16.5 Å². The van der Waals surface area contributed by atoms with Crippen LogP contribution < -0.4 is 5.32 Å². The smallest absolute Gasteiger partial charge is 0.182 e. The molecular weight excluding hydrogens is 204 g/mol. The van der Waals surface area contributed by atoms with Gasteiger partial charge >= 0.3 is 0 Å². The molecule has 0 fully saturated rings. The Morgan fingerprint density at radius 2 is 2.47 bits per heavy atom. The van der Waals surface area contributed by atoms with Crippen molar-refractivity contribution in [2.45, 2.75) is 19.3 Å². The number of anilines is 1. The van der Waals surface area contributed by atoms with Crippen molar-refractivity contribution in [1.29, 1.82) is 0 Å². The predicted molar refractivity (Wildman–Crippen MR) is 66.4 cm³/mol. The van der Waals surface area contributed by atoms with Gasteiger partial charge in [-0.3, -0.25) is 0 Å². The molecule has 1 aliphatic carbocycles. The summed E-state index contributed by atoms with van der Waals surface area (Å²) in [5, 5.41) is 6.23. The largest absolute Gasteiger partial charge is 0.365 e. The molecule has 1 N–H and O–H groups in total. The molecule has 1 unspecified atom stereocenters. The summed E-state index contributed by atoms with van der Waals surface area (Å²) in [7, 11) is 1.91. The zero-order chi connectivity index (χ0) is 10.5. The molecule has 0 bridgehead atoms. The van der Waals surface area contributed by atoms with Crippen molar-refractivity contribution in [3.8, 4) is 0 Å². The van der Waals surface area contributed by atoms with Gasteiger partial charge in [0.1, 0.15) is 0 Å². The molecule has 0 spiro atoms. The Labute approximate surface area is 94.7 Å². The molecule has 2 nitrogen and oxygen atoms in total. The molecule has 1 heterocycles. The second-order valence-corrected chi connectivity index (χ2v) is 4.60. The summed E-state index contributed by atoms with van der Waals surface area (Å²) in [5.74, 6) is 0.703. The van der Waals surface area contributed by atoms with Crippen molar-refractivity contribution in [3.63, 3.8) is 0 Å². The van der Waals surface area contributed by atoms with Crippen LogP contribution in [0.2, 0.25) is 0 Å². The number of aromatic nitrogens is 1. The molecule has 3 heteroatoms. The number of nitrogens with zero attached hydrogens (tertiary/aromatic N) is 1. The van der Waals surface area contributed by atoms with E-state index in [1.165, 1.54) is 18.5 Å². The van der Waals surface area contributed by atoms with Crippen LogP contribution in [-0.2, 0) is 6.42 Å². The number of aryl methyl sites for hydroxylation is 1. The van der Waals surface area contributed by atoms with Crippen LogP contribution in [0.25, 0.3) is 0 Å². The molecule has 80 valence electrons. The lowest BCUT2D eigenvalue weighted by Gasteiger charge is -2.11. The van der Waals surface area contributed by atoms with E-state index in [1.54, 1.807) is 11.3 Å². The van der Waals surface area contributed by atoms with Crippen molar-refractivity contribution < 1.29 is 0 Å². The third kappa shape index (κ3) is 2.93. The average Bonchev–Trinajstić information content (AvgIpc) is 2.76. The van der Waals surface area contributed by atoms with Gasteiger partial charge in [-0.1, -0.05) is 24.3 Å². The molecule has 0 amide bonds. The Hall–Kier alpha value is -1.09. The first kappa shape index (κ1) is 10.4. The zero-order valence-corrected chi connectivity index (χ0v) is 9.76. The Bertz CT molecular complexity index is 365. The van der Waals surface area contributed by atoms with Gasteiger partial charge in [0, 0.05) is 12.4 Å². The minimum atomic E-state index is 0.703. The summed E-state index contributed by atoms with van der Waals surface area (Å²) in [5.41, 5.74) is 1.22. The monoisotopic (exact) mass is 220 g/mol. The van der Waals surface area contributed by atoms with Crippen LogP contribution in [-0.4, -0.2) is 12.0 Å². The molecule has 0 aromatic carbocycles. The summed E-state index contributed by atoms with van der Waals surface area (Å²) in [6.45, 7) is 0. The average molecular weight is 220 g/mol. The molecule has 0 saturated heterocycles. The van der Waals surface area contributed by atoms with Gasteiger partial charge in [0.25, 0.3) is 0 Å². The van der Waals surface area contributed by atoms with E-state index in [0.29, 0.717) is 5.92 Å². The van der Waals surface area contributed by atoms with E-state index in [9.17, 15) is 0 Å². The Morgan fingerprint density at radius 1 is 1.53 bits per heavy atom. The van der Waals surface area contributed by atoms with Gasteiger partial charge in [-0.15, -0.1) is 11.3 Å². The molecule has 2 rings (SSSR count). The van der Waals surface area contributed by atoms with Crippen molar-refractivity contribution in [2.24, 2.45) is 5.92 Å². The topological polar surface area (TPSA) is 24.9 Å². The highest BCUT2D eigenvalue weighted by Crippen LogP contribution is 2.20. The van der Waals surface area contributed by atoms with Crippen LogP contribution in [0, 0.1) is 5.92 Å². The third-order valence-electron chi connectivity index (χ3n) is 2.61. The number of thiazole rings is 1. The van der Waals surface area contributed by atoms with Crippen LogP contribution in [0.5, 0.6) is 0 Å². The second kappa shape index (κ2) is 5.12. The number of hydrogen-bond donors (Lipinski definition) is 1. The van der Waals surface area contributed by atoms with E-state index in [-0.39, 0.29) is 0 Å². The minimum Gasteiger partial charge on any atom is -0.365 e. The van der Waals surface area contributed by atoms with Crippen LogP contribution in [0.1, 0.15) is 18.5 Å². The highest BCUT2D eigenvalue weighted by Gasteiger charge is 2.07. The number of hydrogen-bond acceptors (Lipinski definition) is 3. The predicted octanol–water partition coefficient (Wildman–Crippen LogP) is 3.25. The fraction of sp³-hybridized carbons (Fsp3) is 0.417. The maximum Gasteiger partial charge on any atom is 0.182 e. The third-order valence-corrected chi connectivity index (χ3v) is 3.51. The minimum absolute atomic E-state index is 0.703. The maximum atomic E-state index is 4.48. The maximum absolute atomic E-state index is 4.48. The van der Waals surface area contributed by atoms with Gasteiger partial charge in [-0.2, -0.15) is 0 Å². The van der Waals surface area contributed by atoms with E-state index < -0.39 is 0 Å². The lowest BCUT2D eigenvalue weighted by Crippen LogP contribution is -2.00. The van der Waals surface area contributed by atoms with E-state index >= 15 is 0 Å². The van der Waals surface area contributed by atoms with Gasteiger partial charge < -0.3 is 5.32 Å². The summed E-state index contributed by atoms with van der Waals surface area (Å²) in [6, 6.07) is 0. The molecule has 1 atom stereocenters. The van der Waals surface area contributed by atoms with Gasteiger partial charge in [-0.05, 0) is 25.2 Å². The van der Waals surface area contributed by atoms with Crippen LogP contribution in [0.4, 0.5) is 5.13 Å². The van der Waals surface area contributed by atoms with Crippen LogP contribution in [0.15, 0.2) is 29.7 Å². The quantitative estimate of drug-likeness (QED) is 0.842. The summed E-state index contributed by atoms with van der Waals surface area (Å²) in [4.78, 5) is 4.48. The molecule has 15 heavy (non-hydrogen) atoms. The molecular formula is C12H16N2S. The summed E-state index contributed by atoms with van der Waals surface area (Å²) in [6.07, 6.45) is 12.3. The first-order chi connectivity index (χ1) is 7.38. The highest BCUT2D eigenvalue weighted by molar-refractivity contribution is 7.13. The van der Waals surface area contributed by atoms with E-state index in [4.69, 9.17) is 0 Å². The molecule has 1 aromatic rings. The number of allylic oxidation sites excluding steroid dienone is 4. The zero-order valence-electron chi connectivity index (χ0n) is 8.94. The highest BCUT2D eigenvalue weighted by atomic mass is 32.1. The fourth-order valence-electron chi connectivity index (χ4n) is 1.72. The molecule has 0 radical (unpaired) electrons.